The third-order valence-corrected chi connectivity index (χ3v) is 17.2. The molecule has 5 fully saturated rings. The maximum absolute atomic E-state index is 12.5. The summed E-state index contributed by atoms with van der Waals surface area (Å²) in [5, 5.41) is 12.5. The molecular formula is C32H47INO6-. The molecule has 0 radical (unpaired) electrons. The van der Waals surface area contributed by atoms with Crippen LogP contribution in [0.15, 0.2) is 12.1 Å². The first kappa shape index (κ1) is 29.0. The normalized spacial score (nSPS) is 40.1. The van der Waals surface area contributed by atoms with Crippen LogP contribution in [0.3, 0.4) is 0 Å². The Morgan fingerprint density at radius 3 is 2.52 bits per heavy atom. The molecule has 1 N–H and O–H groups in total. The quantitative estimate of drug-likeness (QED) is 0.223. The van der Waals surface area contributed by atoms with Crippen LogP contribution in [-0.4, -0.2) is 74.2 Å². The minimum atomic E-state index is -0.994. The SMILES string of the molecule is COC(=O)Oc1ccc(C)c2c1O[C@@]1(C)[C@]23CCN(CC2CC2)[C@H](C)[C@@]32C[C@H]([C@](C)(O)C(C)(C)C)[C@]1(OC)C[I-]2. The predicted molar refractivity (Wildman–Crippen MR) is 149 cm³/mol. The molecule has 3 saturated heterocycles. The van der Waals surface area contributed by atoms with Gasteiger partial charge in [-0.3, -0.25) is 0 Å². The van der Waals surface area contributed by atoms with Crippen LogP contribution in [-0.2, 0) is 14.9 Å². The van der Waals surface area contributed by atoms with Gasteiger partial charge in [-0.2, -0.15) is 0 Å². The molecule has 2 bridgehead atoms. The number of carbonyl (C=O) groups is 1. The fraction of sp³-hybridized carbons (Fsp3) is 0.781. The molecule has 2 aliphatic carbocycles. The van der Waals surface area contributed by atoms with Crippen molar-refractivity contribution in [2.24, 2.45) is 17.3 Å². The van der Waals surface area contributed by atoms with Gasteiger partial charge in [0.15, 0.2) is 0 Å². The van der Waals surface area contributed by atoms with E-state index >= 15 is 0 Å². The average molecular weight is 669 g/mol. The maximum atomic E-state index is 12.5. The van der Waals surface area contributed by atoms with Gasteiger partial charge in [0.05, 0.1) is 0 Å². The molecule has 6 aliphatic rings. The third-order valence-electron chi connectivity index (χ3n) is 12.1. The minimum absolute atomic E-state index is 0.0478. The van der Waals surface area contributed by atoms with Crippen molar-refractivity contribution in [3.05, 3.63) is 23.3 Å². The number of hydrogen-bond acceptors (Lipinski definition) is 7. The van der Waals surface area contributed by atoms with Crippen LogP contribution >= 0.6 is 0 Å². The predicted octanol–water partition coefficient (Wildman–Crippen LogP) is 2.08. The van der Waals surface area contributed by atoms with Crippen LogP contribution in [0.4, 0.5) is 4.79 Å². The Kier molecular flexibility index (Phi) is 6.49. The first-order valence-corrected chi connectivity index (χ1v) is 17.5. The first-order chi connectivity index (χ1) is 18.7. The van der Waals surface area contributed by atoms with E-state index in [2.05, 4.69) is 52.5 Å². The van der Waals surface area contributed by atoms with Gasteiger partial charge in [-0.15, -0.1) is 0 Å². The van der Waals surface area contributed by atoms with Gasteiger partial charge in [-0.1, -0.05) is 0 Å². The van der Waals surface area contributed by atoms with Crippen molar-refractivity contribution in [2.75, 3.05) is 31.7 Å². The Hall–Kier alpha value is -1.10. The number of aliphatic hydroxyl groups is 1. The van der Waals surface area contributed by atoms with E-state index in [-0.39, 0.29) is 41.4 Å². The molecule has 1 aromatic carbocycles. The zero-order chi connectivity index (χ0) is 29.1. The van der Waals surface area contributed by atoms with Gasteiger partial charge in [0, 0.05) is 0 Å². The van der Waals surface area contributed by atoms with Gasteiger partial charge in [0.25, 0.3) is 0 Å². The second-order valence-corrected chi connectivity index (χ2v) is 17.9. The summed E-state index contributed by atoms with van der Waals surface area (Å²) in [4.78, 5) is 15.1. The van der Waals surface area contributed by atoms with Gasteiger partial charge < -0.3 is 0 Å². The summed E-state index contributed by atoms with van der Waals surface area (Å²) in [6.45, 7) is 17.5. The Balaban J connectivity index is 1.62. The zero-order valence-corrected chi connectivity index (χ0v) is 27.8. The van der Waals surface area contributed by atoms with E-state index in [4.69, 9.17) is 18.9 Å². The number of piperidine rings is 1. The van der Waals surface area contributed by atoms with Gasteiger partial charge in [0.2, 0.25) is 0 Å². The number of nitrogens with zero attached hydrogens (tertiary/aromatic N) is 1. The number of methoxy groups -OCH3 is 2. The molecule has 0 unspecified atom stereocenters. The number of ether oxygens (including phenoxy) is 4. The summed E-state index contributed by atoms with van der Waals surface area (Å²) in [6, 6.07) is 4.25. The summed E-state index contributed by atoms with van der Waals surface area (Å²) in [6.07, 6.45) is 3.79. The van der Waals surface area contributed by atoms with Crippen molar-refractivity contribution in [1.82, 2.24) is 4.90 Å². The Labute approximate surface area is 249 Å². The summed E-state index contributed by atoms with van der Waals surface area (Å²) in [5.74, 6) is 1.75. The van der Waals surface area contributed by atoms with E-state index in [1.165, 1.54) is 31.1 Å². The Morgan fingerprint density at radius 2 is 1.93 bits per heavy atom. The van der Waals surface area contributed by atoms with E-state index in [0.717, 1.165) is 36.3 Å². The fourth-order valence-electron chi connectivity index (χ4n) is 9.12. The second-order valence-electron chi connectivity index (χ2n) is 14.4. The van der Waals surface area contributed by atoms with Crippen molar-refractivity contribution in [3.8, 4) is 11.5 Å². The number of likely N-dealkylation sites (tertiary alicyclic amines) is 1. The van der Waals surface area contributed by atoms with Gasteiger partial charge in [-0.05, 0) is 0 Å². The molecule has 2 saturated carbocycles. The third kappa shape index (κ3) is 3.36. The van der Waals surface area contributed by atoms with Gasteiger partial charge >= 0.3 is 251 Å². The fourth-order valence-corrected chi connectivity index (χ4v) is 15.4. The standard InChI is InChI=1S/C32H47INO6/c1-19-10-13-22(39-26(35)37-8)25-24(19)30-14-15-34(17-21-11-12-21)20(2)31(30)16-23(28(6,36)27(3,4)5)32(38-9,18-33-31)29(30,7)40-25/h10,13,20-21,23,36H,11-12,14-18H2,1-9H3/q-1/t20-,23-,28+,29+,30+,31+,32-/m1/s1. The van der Waals surface area contributed by atoms with E-state index < -0.39 is 23.0 Å². The number of fused-ring (bicyclic) bond motifs is 3. The molecule has 7 rings (SSSR count). The van der Waals surface area contributed by atoms with Crippen LogP contribution in [0.1, 0.15) is 78.4 Å². The van der Waals surface area contributed by atoms with Crippen LogP contribution in [0.5, 0.6) is 11.5 Å². The number of benzene rings is 1. The topological polar surface area (TPSA) is 77.5 Å². The number of carbonyl (C=O) groups excluding carboxylic acids is 1. The number of hydrogen-bond donors (Lipinski definition) is 1. The molecule has 4 heterocycles. The summed E-state index contributed by atoms with van der Waals surface area (Å²) in [5.41, 5.74) is -0.768. The van der Waals surface area contributed by atoms with Crippen molar-refractivity contribution in [3.63, 3.8) is 0 Å². The van der Waals surface area contributed by atoms with Crippen molar-refractivity contribution >= 4 is 6.16 Å². The van der Waals surface area contributed by atoms with E-state index in [0.29, 0.717) is 17.5 Å². The van der Waals surface area contributed by atoms with Crippen LogP contribution < -0.4 is 30.7 Å². The van der Waals surface area contributed by atoms with Crippen molar-refractivity contribution in [1.29, 1.82) is 0 Å². The van der Waals surface area contributed by atoms with Gasteiger partial charge in [0.1, 0.15) is 0 Å². The zero-order valence-electron chi connectivity index (χ0n) is 25.7. The molecule has 2 spiro atoms. The summed E-state index contributed by atoms with van der Waals surface area (Å²) < 4.78 is 25.5. The molecule has 4 aliphatic heterocycles. The van der Waals surface area contributed by atoms with Crippen LogP contribution in [0.2, 0.25) is 0 Å². The number of halogens is 1. The molecule has 0 amide bonds. The van der Waals surface area contributed by atoms with Crippen LogP contribution in [0, 0.1) is 24.2 Å². The Morgan fingerprint density at radius 1 is 1.23 bits per heavy atom. The van der Waals surface area contributed by atoms with Gasteiger partial charge in [-0.25, -0.2) is 0 Å². The van der Waals surface area contributed by atoms with Crippen molar-refractivity contribution in [2.45, 2.75) is 106 Å². The molecule has 1 aromatic rings. The summed E-state index contributed by atoms with van der Waals surface area (Å²) in [7, 11) is 3.15. The van der Waals surface area contributed by atoms with E-state index in [1.54, 1.807) is 0 Å². The average Bonchev–Trinajstić information content (AvgIpc) is 3.66. The number of rotatable bonds is 5. The van der Waals surface area contributed by atoms with Crippen molar-refractivity contribution < 1.29 is 50.1 Å². The molecule has 40 heavy (non-hydrogen) atoms. The first-order valence-electron chi connectivity index (χ1n) is 14.9. The molecule has 224 valence electrons. The Bertz CT molecular complexity index is 1220. The van der Waals surface area contributed by atoms with Crippen LogP contribution in [0.25, 0.3) is 0 Å². The molecule has 7 atom stereocenters. The number of aryl methyl sites for hydroxylation is 1. The van der Waals surface area contributed by atoms with E-state index in [1.807, 2.05) is 20.1 Å². The summed E-state index contributed by atoms with van der Waals surface area (Å²) >= 11 is -0.360. The molecule has 8 heteroatoms. The van der Waals surface area contributed by atoms with E-state index in [9.17, 15) is 9.90 Å². The second kappa shape index (κ2) is 8.96. The number of alkyl halides is 2. The molecule has 0 aromatic heterocycles. The monoisotopic (exact) mass is 668 g/mol. The molecule has 7 nitrogen and oxygen atoms in total. The molecular weight excluding hydrogens is 621 g/mol.